The topological polar surface area (TPSA) is 67.9 Å². The van der Waals surface area contributed by atoms with Crippen molar-refractivity contribution in [1.29, 1.82) is 0 Å². The summed E-state index contributed by atoms with van der Waals surface area (Å²) in [7, 11) is 1.97. The first-order valence-corrected chi connectivity index (χ1v) is 10.3. The third-order valence-corrected chi connectivity index (χ3v) is 5.57. The summed E-state index contributed by atoms with van der Waals surface area (Å²) in [4.78, 5) is 16.4. The zero-order valence-electron chi connectivity index (χ0n) is 18.6. The van der Waals surface area contributed by atoms with Gasteiger partial charge in [-0.1, -0.05) is 6.07 Å². The van der Waals surface area contributed by atoms with Gasteiger partial charge in [-0.25, -0.2) is 9.31 Å². The molecule has 4 heterocycles. The number of hydrogen-bond acceptors (Lipinski definition) is 5. The summed E-state index contributed by atoms with van der Waals surface area (Å²) in [5, 5.41) is 9.12. The van der Waals surface area contributed by atoms with E-state index in [4.69, 9.17) is 4.74 Å². The maximum atomic E-state index is 12.3. The molecule has 3 aromatic heterocycles. The van der Waals surface area contributed by atoms with Crippen LogP contribution in [0.15, 0.2) is 24.5 Å². The van der Waals surface area contributed by atoms with Crippen molar-refractivity contribution in [3.8, 4) is 11.1 Å². The molecule has 30 heavy (non-hydrogen) atoms. The van der Waals surface area contributed by atoms with E-state index in [-0.39, 0.29) is 6.09 Å². The largest absolute Gasteiger partial charge is 0.444 e. The number of aromatic nitrogens is 4. The second-order valence-corrected chi connectivity index (χ2v) is 8.90. The highest BCUT2D eigenvalue weighted by Crippen LogP contribution is 2.29. The van der Waals surface area contributed by atoms with Crippen LogP contribution in [0.2, 0.25) is 0 Å². The Morgan fingerprint density at radius 1 is 1.10 bits per heavy atom. The molecule has 0 unspecified atom stereocenters. The van der Waals surface area contributed by atoms with Gasteiger partial charge in [0.1, 0.15) is 5.60 Å². The molecule has 0 saturated carbocycles. The number of amides is 1. The number of fused-ring (bicyclic) bond motifs is 1. The highest BCUT2D eigenvalue weighted by Gasteiger charge is 2.27. The van der Waals surface area contributed by atoms with Crippen LogP contribution in [0, 0.1) is 13.8 Å². The van der Waals surface area contributed by atoms with Gasteiger partial charge in [0.15, 0.2) is 0 Å². The Morgan fingerprint density at radius 2 is 1.80 bits per heavy atom. The number of carbonyl (C=O) groups excluding carboxylic acids is 1. The Labute approximate surface area is 177 Å². The van der Waals surface area contributed by atoms with Crippen molar-refractivity contribution in [2.24, 2.45) is 7.05 Å². The minimum atomic E-state index is -0.473. The van der Waals surface area contributed by atoms with Gasteiger partial charge in [-0.15, -0.1) is 0 Å². The Hall–Kier alpha value is -3.03. The second-order valence-electron chi connectivity index (χ2n) is 8.90. The van der Waals surface area contributed by atoms with E-state index in [1.54, 1.807) is 4.90 Å². The molecule has 8 heteroatoms. The van der Waals surface area contributed by atoms with Crippen molar-refractivity contribution in [2.75, 3.05) is 31.1 Å². The molecule has 1 aliphatic heterocycles. The van der Waals surface area contributed by atoms with Crippen molar-refractivity contribution < 1.29 is 9.53 Å². The summed E-state index contributed by atoms with van der Waals surface area (Å²) in [6.07, 6.45) is 3.73. The van der Waals surface area contributed by atoms with E-state index < -0.39 is 5.60 Å². The average Bonchev–Trinajstić information content (AvgIpc) is 3.20. The van der Waals surface area contributed by atoms with Gasteiger partial charge in [0.05, 0.1) is 23.1 Å². The van der Waals surface area contributed by atoms with Crippen LogP contribution in [0.4, 0.5) is 10.5 Å². The summed E-state index contributed by atoms with van der Waals surface area (Å²) < 4.78 is 9.33. The monoisotopic (exact) mass is 410 g/mol. The fraction of sp³-hybridized carbons (Fsp3) is 0.500. The highest BCUT2D eigenvalue weighted by molar-refractivity contribution is 5.77. The van der Waals surface area contributed by atoms with Gasteiger partial charge >= 0.3 is 6.09 Å². The van der Waals surface area contributed by atoms with Crippen LogP contribution in [0.3, 0.4) is 0 Å². The standard InChI is InChI=1S/C22H30N6O2/c1-15-20(16(2)25(6)24-15)17-7-8-18-19(13-23-28(18)14-17)26-9-11-27(12-10-26)21(29)30-22(3,4)5/h7-8,13-14H,9-12H2,1-6H3. The van der Waals surface area contributed by atoms with Crippen LogP contribution in [-0.2, 0) is 11.8 Å². The minimum absolute atomic E-state index is 0.242. The smallest absolute Gasteiger partial charge is 0.410 e. The van der Waals surface area contributed by atoms with E-state index in [1.807, 2.05) is 50.1 Å². The first-order valence-electron chi connectivity index (χ1n) is 10.3. The van der Waals surface area contributed by atoms with E-state index in [0.717, 1.165) is 46.8 Å². The maximum absolute atomic E-state index is 12.3. The Balaban J connectivity index is 1.52. The molecule has 1 aliphatic rings. The fourth-order valence-electron chi connectivity index (χ4n) is 4.01. The summed E-state index contributed by atoms with van der Waals surface area (Å²) in [5.41, 5.74) is 6.09. The lowest BCUT2D eigenvalue weighted by Crippen LogP contribution is -2.50. The van der Waals surface area contributed by atoms with E-state index >= 15 is 0 Å². The van der Waals surface area contributed by atoms with E-state index in [0.29, 0.717) is 13.1 Å². The van der Waals surface area contributed by atoms with E-state index in [1.165, 1.54) is 0 Å². The molecule has 4 rings (SSSR count). The Morgan fingerprint density at radius 3 is 2.40 bits per heavy atom. The third kappa shape index (κ3) is 3.74. The molecule has 0 radical (unpaired) electrons. The van der Waals surface area contributed by atoms with E-state index in [9.17, 15) is 4.79 Å². The average molecular weight is 411 g/mol. The zero-order valence-corrected chi connectivity index (χ0v) is 18.6. The number of hydrogen-bond donors (Lipinski definition) is 0. The molecule has 0 bridgehead atoms. The van der Waals surface area contributed by atoms with Crippen LogP contribution in [0.25, 0.3) is 16.6 Å². The molecule has 1 saturated heterocycles. The van der Waals surface area contributed by atoms with Gasteiger partial charge in [0.25, 0.3) is 0 Å². The lowest BCUT2D eigenvalue weighted by atomic mass is 10.1. The maximum Gasteiger partial charge on any atom is 0.410 e. The van der Waals surface area contributed by atoms with Gasteiger partial charge in [-0.05, 0) is 40.7 Å². The van der Waals surface area contributed by atoms with Gasteiger partial charge in [-0.2, -0.15) is 10.2 Å². The Kier molecular flexibility index (Phi) is 4.95. The van der Waals surface area contributed by atoms with Crippen molar-refractivity contribution in [2.45, 2.75) is 40.2 Å². The SMILES string of the molecule is Cc1nn(C)c(C)c1-c1ccc2c(N3CCN(C(=O)OC(C)(C)C)CC3)cnn2c1. The van der Waals surface area contributed by atoms with Crippen LogP contribution in [0.1, 0.15) is 32.2 Å². The molecular weight excluding hydrogens is 380 g/mol. The molecular formula is C22H30N6O2. The summed E-state index contributed by atoms with van der Waals surface area (Å²) >= 11 is 0. The molecule has 0 atom stereocenters. The molecule has 1 amide bonds. The number of anilines is 1. The minimum Gasteiger partial charge on any atom is -0.444 e. The van der Waals surface area contributed by atoms with Crippen LogP contribution in [-0.4, -0.2) is 62.2 Å². The number of pyridine rings is 1. The van der Waals surface area contributed by atoms with Crippen molar-refractivity contribution in [3.63, 3.8) is 0 Å². The van der Waals surface area contributed by atoms with Crippen LogP contribution in [0.5, 0.6) is 0 Å². The van der Waals surface area contributed by atoms with Gasteiger partial charge in [0, 0.05) is 56.2 Å². The van der Waals surface area contributed by atoms with Gasteiger partial charge < -0.3 is 14.5 Å². The van der Waals surface area contributed by atoms with Crippen molar-refractivity contribution in [3.05, 3.63) is 35.9 Å². The summed E-state index contributed by atoms with van der Waals surface area (Å²) in [6, 6.07) is 4.25. The second kappa shape index (κ2) is 7.34. The molecule has 0 N–H and O–H groups in total. The summed E-state index contributed by atoms with van der Waals surface area (Å²) in [5.74, 6) is 0. The molecule has 1 fully saturated rings. The predicted molar refractivity (Wildman–Crippen MR) is 117 cm³/mol. The molecule has 8 nitrogen and oxygen atoms in total. The molecule has 3 aromatic rings. The number of carbonyl (C=O) groups is 1. The Bertz CT molecular complexity index is 1080. The number of piperazine rings is 1. The predicted octanol–water partition coefficient (Wildman–Crippen LogP) is 3.41. The van der Waals surface area contributed by atoms with Gasteiger partial charge in [-0.3, -0.25) is 4.68 Å². The van der Waals surface area contributed by atoms with Gasteiger partial charge in [0.2, 0.25) is 0 Å². The molecule has 0 aromatic carbocycles. The van der Waals surface area contributed by atoms with E-state index in [2.05, 4.69) is 40.4 Å². The van der Waals surface area contributed by atoms with Crippen LogP contribution < -0.4 is 4.90 Å². The fourth-order valence-corrected chi connectivity index (χ4v) is 4.01. The first-order chi connectivity index (χ1) is 14.1. The quantitative estimate of drug-likeness (QED) is 0.648. The number of aryl methyl sites for hydroxylation is 2. The summed E-state index contributed by atoms with van der Waals surface area (Å²) in [6.45, 7) is 12.6. The van der Waals surface area contributed by atoms with Crippen molar-refractivity contribution in [1.82, 2.24) is 24.3 Å². The van der Waals surface area contributed by atoms with Crippen molar-refractivity contribution >= 4 is 17.3 Å². The number of nitrogens with zero attached hydrogens (tertiary/aromatic N) is 6. The normalized spacial score (nSPS) is 15.1. The van der Waals surface area contributed by atoms with Crippen LogP contribution >= 0.6 is 0 Å². The third-order valence-electron chi connectivity index (χ3n) is 5.57. The first kappa shape index (κ1) is 20.3. The molecule has 0 aliphatic carbocycles. The highest BCUT2D eigenvalue weighted by atomic mass is 16.6. The number of rotatable bonds is 2. The lowest BCUT2D eigenvalue weighted by Gasteiger charge is -2.36. The zero-order chi connectivity index (χ0) is 21.6. The number of ether oxygens (including phenoxy) is 1. The molecule has 0 spiro atoms. The molecule has 160 valence electrons. The lowest BCUT2D eigenvalue weighted by molar-refractivity contribution is 0.0240.